The fourth-order valence-corrected chi connectivity index (χ4v) is 7.41. The van der Waals surface area contributed by atoms with Gasteiger partial charge in [0, 0.05) is 0 Å². The number of carbonyl (C=O) groups is 1. The first-order chi connectivity index (χ1) is 27.0. The van der Waals surface area contributed by atoms with E-state index in [1.54, 1.807) is 6.08 Å². The lowest BCUT2D eigenvalue weighted by Crippen LogP contribution is -2.45. The van der Waals surface area contributed by atoms with Crippen molar-refractivity contribution < 1.29 is 20.1 Å². The van der Waals surface area contributed by atoms with Crippen molar-refractivity contribution in [2.75, 3.05) is 6.61 Å². The van der Waals surface area contributed by atoms with Crippen LogP contribution in [0.15, 0.2) is 36.5 Å². The molecule has 0 aromatic heterocycles. The van der Waals surface area contributed by atoms with E-state index in [1.165, 1.54) is 180 Å². The second-order valence-electron chi connectivity index (χ2n) is 16.7. The number of unbranched alkanes of at least 4 members (excludes halogenated alkanes) is 31. The quantitative estimate of drug-likeness (QED) is 0.0367. The van der Waals surface area contributed by atoms with Gasteiger partial charge in [-0.3, -0.25) is 4.79 Å². The predicted octanol–water partition coefficient (Wildman–Crippen LogP) is 14.3. The van der Waals surface area contributed by atoms with E-state index in [1.807, 2.05) is 6.08 Å². The Hall–Kier alpha value is -1.43. The molecule has 0 aliphatic carbocycles. The van der Waals surface area contributed by atoms with Crippen LogP contribution in [0.1, 0.15) is 251 Å². The van der Waals surface area contributed by atoms with Crippen LogP contribution in [0.3, 0.4) is 0 Å². The van der Waals surface area contributed by atoms with Crippen molar-refractivity contribution in [1.82, 2.24) is 5.32 Å². The minimum atomic E-state index is -0.954. The molecule has 324 valence electrons. The molecule has 5 heteroatoms. The Bertz CT molecular complexity index is 855. The predicted molar refractivity (Wildman–Crippen MR) is 241 cm³/mol. The highest BCUT2D eigenvalue weighted by molar-refractivity contribution is 5.76. The SMILES string of the molecule is CCCCCCCCCCCCCC/C=C\CCCCCCCC(O)CC(=O)NC(CO)C(O)/C=C/CC/C=C/CCCCCCCCCCCCCCC. The zero-order chi connectivity index (χ0) is 40.1. The van der Waals surface area contributed by atoms with Crippen molar-refractivity contribution in [2.24, 2.45) is 0 Å². The van der Waals surface area contributed by atoms with Crippen LogP contribution in [0.4, 0.5) is 0 Å². The summed E-state index contributed by atoms with van der Waals surface area (Å²) in [5.74, 6) is -0.328. The van der Waals surface area contributed by atoms with Crippen LogP contribution in [-0.2, 0) is 4.79 Å². The van der Waals surface area contributed by atoms with Crippen molar-refractivity contribution in [2.45, 2.75) is 270 Å². The van der Waals surface area contributed by atoms with Gasteiger partial charge in [-0.15, -0.1) is 0 Å². The summed E-state index contributed by atoms with van der Waals surface area (Å²) in [5.41, 5.74) is 0. The Morgan fingerprint density at radius 3 is 1.16 bits per heavy atom. The highest BCUT2D eigenvalue weighted by Crippen LogP contribution is 2.15. The highest BCUT2D eigenvalue weighted by Gasteiger charge is 2.20. The van der Waals surface area contributed by atoms with Gasteiger partial charge in [0.25, 0.3) is 0 Å². The van der Waals surface area contributed by atoms with Crippen molar-refractivity contribution in [1.29, 1.82) is 0 Å². The second kappa shape index (κ2) is 45.3. The normalized spacial score (nSPS) is 13.8. The fraction of sp³-hybridized carbons (Fsp3) is 0.860. The third-order valence-corrected chi connectivity index (χ3v) is 11.1. The lowest BCUT2D eigenvalue weighted by Gasteiger charge is -2.20. The topological polar surface area (TPSA) is 89.8 Å². The Morgan fingerprint density at radius 2 is 0.782 bits per heavy atom. The van der Waals surface area contributed by atoms with Crippen molar-refractivity contribution in [3.63, 3.8) is 0 Å². The molecule has 0 radical (unpaired) electrons. The fourth-order valence-electron chi connectivity index (χ4n) is 7.41. The molecule has 0 aromatic rings. The summed E-state index contributed by atoms with van der Waals surface area (Å²) in [6.45, 7) is 4.22. The number of allylic oxidation sites excluding steroid dienone is 5. The molecule has 1 amide bonds. The molecule has 0 saturated heterocycles. The molecule has 0 saturated carbocycles. The van der Waals surface area contributed by atoms with Crippen LogP contribution in [0.2, 0.25) is 0 Å². The van der Waals surface area contributed by atoms with Crippen LogP contribution in [0.25, 0.3) is 0 Å². The maximum absolute atomic E-state index is 12.5. The van der Waals surface area contributed by atoms with E-state index in [4.69, 9.17) is 0 Å². The van der Waals surface area contributed by atoms with Crippen LogP contribution in [0.5, 0.6) is 0 Å². The monoisotopic (exact) mass is 774 g/mol. The first-order valence-electron chi connectivity index (χ1n) is 24.3. The molecule has 0 bridgehead atoms. The number of aliphatic hydroxyl groups excluding tert-OH is 3. The number of nitrogens with one attached hydrogen (secondary N) is 1. The van der Waals surface area contributed by atoms with E-state index < -0.39 is 18.2 Å². The number of carbonyl (C=O) groups excluding carboxylic acids is 1. The minimum absolute atomic E-state index is 0.000964. The van der Waals surface area contributed by atoms with Crippen LogP contribution < -0.4 is 5.32 Å². The van der Waals surface area contributed by atoms with Gasteiger partial charge in [0.1, 0.15) is 0 Å². The summed E-state index contributed by atoms with van der Waals surface area (Å²) < 4.78 is 0. The lowest BCUT2D eigenvalue weighted by molar-refractivity contribution is -0.124. The average Bonchev–Trinajstić information content (AvgIpc) is 3.18. The largest absolute Gasteiger partial charge is 0.394 e. The van der Waals surface area contributed by atoms with E-state index in [-0.39, 0.29) is 18.9 Å². The number of aliphatic hydroxyl groups is 3. The smallest absolute Gasteiger partial charge is 0.222 e. The van der Waals surface area contributed by atoms with Crippen LogP contribution in [0, 0.1) is 0 Å². The second-order valence-corrected chi connectivity index (χ2v) is 16.7. The van der Waals surface area contributed by atoms with E-state index >= 15 is 0 Å². The Labute approximate surface area is 343 Å². The summed E-state index contributed by atoms with van der Waals surface area (Å²) in [6.07, 6.45) is 57.3. The molecule has 4 N–H and O–H groups in total. The van der Waals surface area contributed by atoms with Gasteiger partial charge in [0.05, 0.1) is 31.3 Å². The molecule has 3 unspecified atom stereocenters. The van der Waals surface area contributed by atoms with Crippen LogP contribution in [-0.4, -0.2) is 46.1 Å². The van der Waals surface area contributed by atoms with E-state index in [0.717, 1.165) is 44.9 Å². The maximum Gasteiger partial charge on any atom is 0.222 e. The van der Waals surface area contributed by atoms with Gasteiger partial charge >= 0.3 is 0 Å². The molecular weight excluding hydrogens is 679 g/mol. The van der Waals surface area contributed by atoms with Crippen molar-refractivity contribution >= 4 is 5.91 Å². The van der Waals surface area contributed by atoms with Gasteiger partial charge in [-0.1, -0.05) is 224 Å². The molecule has 0 aromatic carbocycles. The highest BCUT2D eigenvalue weighted by atomic mass is 16.3. The average molecular weight is 774 g/mol. The van der Waals surface area contributed by atoms with E-state index in [2.05, 4.69) is 43.5 Å². The standard InChI is InChI=1S/C50H95NO4/c1-3-5-7-9-11-13-15-17-19-21-23-24-26-27-29-31-33-35-37-39-41-43-47(53)45-50(55)51-48(46-52)49(54)44-42-40-38-36-34-32-30-28-25-22-20-18-16-14-12-10-8-6-4-2/h27,29,34,36,42,44,47-49,52-54H,3-26,28,30-33,35,37-41,43,45-46H2,1-2H3,(H,51,55)/b29-27-,36-34+,44-42+. The minimum Gasteiger partial charge on any atom is -0.394 e. The van der Waals surface area contributed by atoms with Crippen molar-refractivity contribution in [3.8, 4) is 0 Å². The summed E-state index contributed by atoms with van der Waals surface area (Å²) in [4.78, 5) is 12.5. The Balaban J connectivity index is 3.68. The van der Waals surface area contributed by atoms with Gasteiger partial charge in [-0.2, -0.15) is 0 Å². The van der Waals surface area contributed by atoms with Crippen LogP contribution >= 0.6 is 0 Å². The third-order valence-electron chi connectivity index (χ3n) is 11.1. The molecule has 55 heavy (non-hydrogen) atoms. The molecule has 5 nitrogen and oxygen atoms in total. The number of amides is 1. The molecule has 0 spiro atoms. The van der Waals surface area contributed by atoms with Gasteiger partial charge in [0.15, 0.2) is 0 Å². The van der Waals surface area contributed by atoms with E-state index in [9.17, 15) is 20.1 Å². The van der Waals surface area contributed by atoms with Gasteiger partial charge < -0.3 is 20.6 Å². The molecule has 0 fully saturated rings. The van der Waals surface area contributed by atoms with Gasteiger partial charge in [0.2, 0.25) is 5.91 Å². The maximum atomic E-state index is 12.5. The molecular formula is C50H95NO4. The Kier molecular flexibility index (Phi) is 44.1. The summed E-state index contributed by atoms with van der Waals surface area (Å²) >= 11 is 0. The Morgan fingerprint density at radius 1 is 0.455 bits per heavy atom. The molecule has 3 atom stereocenters. The number of hydrogen-bond acceptors (Lipinski definition) is 4. The molecule has 0 aliphatic heterocycles. The summed E-state index contributed by atoms with van der Waals surface area (Å²) in [7, 11) is 0. The molecule has 0 rings (SSSR count). The van der Waals surface area contributed by atoms with E-state index in [0.29, 0.717) is 6.42 Å². The first-order valence-corrected chi connectivity index (χ1v) is 24.3. The van der Waals surface area contributed by atoms with Crippen molar-refractivity contribution in [3.05, 3.63) is 36.5 Å². The molecule has 0 aliphatic rings. The third kappa shape index (κ3) is 42.0. The molecule has 0 heterocycles. The first kappa shape index (κ1) is 53.6. The van der Waals surface area contributed by atoms with Gasteiger partial charge in [-0.05, 0) is 57.8 Å². The summed E-state index contributed by atoms with van der Waals surface area (Å²) in [6, 6.07) is -0.763. The lowest BCUT2D eigenvalue weighted by atomic mass is 10.0. The number of rotatable bonds is 44. The van der Waals surface area contributed by atoms with Gasteiger partial charge in [-0.25, -0.2) is 0 Å². The number of hydrogen-bond donors (Lipinski definition) is 4. The zero-order valence-electron chi connectivity index (χ0n) is 36.8. The summed E-state index contributed by atoms with van der Waals surface area (Å²) in [5, 5.41) is 33.3. The zero-order valence-corrected chi connectivity index (χ0v) is 36.8.